The maximum absolute atomic E-state index is 14.5. The summed E-state index contributed by atoms with van der Waals surface area (Å²) in [4.78, 5) is 5.49. The number of nitrogens with one attached hydrogen (secondary N) is 2. The molecule has 2 saturated carbocycles. The minimum Gasteiger partial charge on any atom is -0.368 e. The molecule has 53 heavy (non-hydrogen) atoms. The maximum Gasteiger partial charge on any atom is 0.134 e. The molecule has 2 heterocycles. The highest BCUT2D eigenvalue weighted by Gasteiger charge is 2.29. The summed E-state index contributed by atoms with van der Waals surface area (Å²) in [7, 11) is 3.07. The lowest BCUT2D eigenvalue weighted by Crippen LogP contribution is -2.38. The number of allylic oxidation sites excluding steroid dienone is 1. The van der Waals surface area contributed by atoms with E-state index in [-0.39, 0.29) is 30.9 Å². The van der Waals surface area contributed by atoms with Crippen LogP contribution in [0.5, 0.6) is 0 Å². The summed E-state index contributed by atoms with van der Waals surface area (Å²) >= 11 is 0. The lowest BCUT2D eigenvalue weighted by molar-refractivity contribution is 0.517. The molecule has 4 aromatic carbocycles. The maximum atomic E-state index is 14.5. The second kappa shape index (κ2) is 18.2. The van der Waals surface area contributed by atoms with Gasteiger partial charge in [-0.15, -0.1) is 0 Å². The Morgan fingerprint density at radius 2 is 1.00 bits per heavy atom. The molecular formula is C41H44F6N4S2. The number of rotatable bonds is 7. The van der Waals surface area contributed by atoms with Crippen LogP contribution in [0.1, 0.15) is 82.1 Å². The van der Waals surface area contributed by atoms with Gasteiger partial charge in [-0.25, -0.2) is 26.3 Å². The number of anilines is 2. The zero-order valence-electron chi connectivity index (χ0n) is 30.3. The number of nitrogens with zero attached hydrogens (tertiary/aromatic N) is 2. The number of fused-ring (bicyclic) bond motifs is 2. The van der Waals surface area contributed by atoms with Gasteiger partial charge in [-0.1, -0.05) is 75.1 Å². The predicted octanol–water partition coefficient (Wildman–Crippen LogP) is 12.2. The molecule has 0 spiro atoms. The van der Waals surface area contributed by atoms with E-state index in [9.17, 15) is 26.3 Å². The quantitative estimate of drug-likeness (QED) is 0.144. The van der Waals surface area contributed by atoms with Gasteiger partial charge in [-0.05, 0) is 54.8 Å². The standard InChI is InChI=1S/C34H26F6N4S2.C3H6.2C2H6/c1-18-24-12-22(4-6-32(24)43(16-41-18)14-26-28(37)8-20(35)9-29(26)38)45-46-23-5-7-33-25(13-23)34(19-2-3-19)42-17-44(33)15-27-30(39)10-21(36)11-31(27)40;1-2-3-1;2*1-2/h4-13,41-42H,1-3,14-17H2;1-3H2;2*1-2H3. The monoisotopic (exact) mass is 770 g/mol. The first kappa shape index (κ1) is 40.0. The van der Waals surface area contributed by atoms with Crippen LogP contribution in [0.4, 0.5) is 37.7 Å². The SMILES string of the molecule is C1CC1.C=C1NCN(Cc2c(F)cc(F)cc2F)c2ccc(SSc3ccc4c(c3)C(=C3CC3)NCN4Cc3c(F)cc(F)cc3F)cc21.CC.CC. The number of benzene rings is 4. The van der Waals surface area contributed by atoms with E-state index in [0.29, 0.717) is 36.6 Å². The van der Waals surface area contributed by atoms with Crippen LogP contribution in [0, 0.1) is 34.9 Å². The van der Waals surface area contributed by atoms with Crippen molar-refractivity contribution in [1.82, 2.24) is 10.6 Å². The van der Waals surface area contributed by atoms with Crippen LogP contribution in [0.2, 0.25) is 0 Å². The number of hydrogen-bond donors (Lipinski definition) is 2. The molecule has 8 rings (SSSR count). The fraction of sp³-hybridized carbons (Fsp3) is 0.317. The smallest absolute Gasteiger partial charge is 0.134 e. The normalized spacial score (nSPS) is 14.9. The third-order valence-corrected chi connectivity index (χ3v) is 10.9. The van der Waals surface area contributed by atoms with Gasteiger partial charge in [0.25, 0.3) is 0 Å². The lowest BCUT2D eigenvalue weighted by atomic mass is 10.0. The Hall–Kier alpha value is -4.16. The molecule has 0 saturated heterocycles. The van der Waals surface area contributed by atoms with E-state index in [1.54, 1.807) is 15.7 Å². The van der Waals surface area contributed by atoms with Gasteiger partial charge in [-0.2, -0.15) is 0 Å². The van der Waals surface area contributed by atoms with Gasteiger partial charge in [-0.3, -0.25) is 0 Å². The van der Waals surface area contributed by atoms with E-state index >= 15 is 0 Å². The van der Waals surface area contributed by atoms with Crippen molar-refractivity contribution in [3.05, 3.63) is 130 Å². The minimum absolute atomic E-state index is 0.0632. The van der Waals surface area contributed by atoms with Crippen molar-refractivity contribution in [1.29, 1.82) is 0 Å². The van der Waals surface area contributed by atoms with Crippen LogP contribution in [0.25, 0.3) is 11.4 Å². The molecule has 282 valence electrons. The molecule has 0 atom stereocenters. The van der Waals surface area contributed by atoms with Gasteiger partial charge >= 0.3 is 0 Å². The second-order valence-corrected chi connectivity index (χ2v) is 14.6. The summed E-state index contributed by atoms with van der Waals surface area (Å²) in [5, 5.41) is 6.57. The highest BCUT2D eigenvalue weighted by atomic mass is 33.1. The Labute approximate surface area is 316 Å². The van der Waals surface area contributed by atoms with E-state index < -0.39 is 34.9 Å². The first-order chi connectivity index (χ1) is 25.6. The first-order valence-electron chi connectivity index (χ1n) is 17.9. The van der Waals surface area contributed by atoms with Crippen molar-refractivity contribution < 1.29 is 26.3 Å². The Bertz CT molecular complexity index is 1930. The molecule has 4 aliphatic rings. The van der Waals surface area contributed by atoms with E-state index in [0.717, 1.165) is 50.8 Å². The Balaban J connectivity index is 0.000000715. The Morgan fingerprint density at radius 3 is 1.43 bits per heavy atom. The van der Waals surface area contributed by atoms with Gasteiger partial charge in [0, 0.05) is 79.1 Å². The molecule has 0 unspecified atom stereocenters. The van der Waals surface area contributed by atoms with Gasteiger partial charge in [0.05, 0.1) is 26.4 Å². The molecular weight excluding hydrogens is 727 g/mol. The molecule has 2 aliphatic heterocycles. The van der Waals surface area contributed by atoms with E-state index in [1.807, 2.05) is 62.9 Å². The second-order valence-electron chi connectivity index (χ2n) is 12.3. The number of halogens is 6. The zero-order valence-corrected chi connectivity index (χ0v) is 32.0. The zero-order chi connectivity index (χ0) is 38.2. The van der Waals surface area contributed by atoms with Gasteiger partial charge in [0.1, 0.15) is 34.9 Å². The van der Waals surface area contributed by atoms with E-state index in [2.05, 4.69) is 23.3 Å². The highest BCUT2D eigenvalue weighted by Crippen LogP contribution is 2.45. The summed E-state index contributed by atoms with van der Waals surface area (Å²) in [5.41, 5.74) is 5.88. The van der Waals surface area contributed by atoms with Crippen molar-refractivity contribution in [2.24, 2.45) is 0 Å². The summed E-state index contributed by atoms with van der Waals surface area (Å²) in [6.07, 6.45) is 6.47. The van der Waals surface area contributed by atoms with Crippen LogP contribution < -0.4 is 20.4 Å². The van der Waals surface area contributed by atoms with Crippen LogP contribution in [-0.4, -0.2) is 13.3 Å². The van der Waals surface area contributed by atoms with Crippen molar-refractivity contribution in [2.45, 2.75) is 82.7 Å². The van der Waals surface area contributed by atoms with Gasteiger partial charge in [0.2, 0.25) is 0 Å². The first-order valence-corrected chi connectivity index (χ1v) is 20.1. The van der Waals surface area contributed by atoms with Crippen LogP contribution >= 0.6 is 21.6 Å². The van der Waals surface area contributed by atoms with Crippen molar-refractivity contribution in [3.63, 3.8) is 0 Å². The molecule has 2 fully saturated rings. The fourth-order valence-corrected chi connectivity index (χ4v) is 7.66. The summed E-state index contributed by atoms with van der Waals surface area (Å²) < 4.78 is 84.6. The molecule has 4 nitrogen and oxygen atoms in total. The van der Waals surface area contributed by atoms with Gasteiger partial charge in [0.15, 0.2) is 0 Å². The predicted molar refractivity (Wildman–Crippen MR) is 207 cm³/mol. The molecule has 2 N–H and O–H groups in total. The van der Waals surface area contributed by atoms with Crippen LogP contribution in [0.3, 0.4) is 0 Å². The van der Waals surface area contributed by atoms with E-state index in [4.69, 9.17) is 0 Å². The third-order valence-electron chi connectivity index (χ3n) is 8.49. The lowest BCUT2D eigenvalue weighted by Gasteiger charge is -2.34. The molecule has 0 amide bonds. The Morgan fingerprint density at radius 1 is 0.585 bits per heavy atom. The number of hydrogen-bond acceptors (Lipinski definition) is 6. The van der Waals surface area contributed by atoms with Crippen LogP contribution in [0.15, 0.2) is 82.6 Å². The molecule has 0 bridgehead atoms. The molecule has 12 heteroatoms. The fourth-order valence-electron chi connectivity index (χ4n) is 5.69. The minimum atomic E-state index is -0.966. The summed E-state index contributed by atoms with van der Waals surface area (Å²) in [6.45, 7) is 12.6. The average Bonchev–Trinajstić information content (AvgIpc) is 4.07. The summed E-state index contributed by atoms with van der Waals surface area (Å²) in [5.74, 6) is -5.64. The van der Waals surface area contributed by atoms with E-state index in [1.165, 1.54) is 35.6 Å². The van der Waals surface area contributed by atoms with Crippen LogP contribution in [-0.2, 0) is 13.1 Å². The third kappa shape index (κ3) is 9.89. The molecule has 0 aromatic heterocycles. The van der Waals surface area contributed by atoms with Crippen molar-refractivity contribution in [2.75, 3.05) is 23.1 Å². The largest absolute Gasteiger partial charge is 0.368 e. The topological polar surface area (TPSA) is 30.5 Å². The molecule has 4 aromatic rings. The van der Waals surface area contributed by atoms with Crippen molar-refractivity contribution in [3.8, 4) is 0 Å². The average molecular weight is 771 g/mol. The summed E-state index contributed by atoms with van der Waals surface area (Å²) in [6, 6.07) is 14.4. The highest BCUT2D eigenvalue weighted by molar-refractivity contribution is 8.76. The van der Waals surface area contributed by atoms with Crippen molar-refractivity contribution >= 4 is 44.4 Å². The van der Waals surface area contributed by atoms with Gasteiger partial charge < -0.3 is 20.4 Å². The molecule has 0 radical (unpaired) electrons. The Kier molecular flexibility index (Phi) is 13.8. The molecule has 2 aliphatic carbocycles.